The predicted molar refractivity (Wildman–Crippen MR) is 50.9 cm³/mol. The van der Waals surface area contributed by atoms with E-state index >= 15 is 0 Å². The summed E-state index contributed by atoms with van der Waals surface area (Å²) >= 11 is 1.40. The van der Waals surface area contributed by atoms with Crippen LogP contribution < -0.4 is 0 Å². The van der Waals surface area contributed by atoms with Crippen molar-refractivity contribution in [1.29, 1.82) is 0 Å². The minimum atomic E-state index is -0.665. The molecule has 68 valence electrons. The smallest absolute Gasteiger partial charge is 0.155 e. The molecule has 0 amide bonds. The zero-order valence-corrected chi connectivity index (χ0v) is 7.53. The Bertz CT molecular complexity index is 354. The van der Waals surface area contributed by atoms with Crippen molar-refractivity contribution in [1.82, 2.24) is 4.98 Å². The summed E-state index contributed by atoms with van der Waals surface area (Å²) in [5, 5.41) is 19.2. The Labute approximate surface area is 79.3 Å². The Morgan fingerprint density at radius 2 is 2.38 bits per heavy atom. The molecule has 0 aromatic carbocycles. The van der Waals surface area contributed by atoms with E-state index < -0.39 is 6.23 Å². The van der Waals surface area contributed by atoms with Gasteiger partial charge >= 0.3 is 0 Å². The largest absolute Gasteiger partial charge is 0.506 e. The molecule has 1 atom stereocenters. The summed E-state index contributed by atoms with van der Waals surface area (Å²) in [6.45, 7) is 0. The highest BCUT2D eigenvalue weighted by atomic mass is 32.2. The number of aliphatic hydroxyl groups excluding tert-OH is 1. The second-order valence-corrected chi connectivity index (χ2v) is 3.61. The molecule has 2 heterocycles. The maximum atomic E-state index is 9.42. The molecule has 1 aliphatic heterocycles. The van der Waals surface area contributed by atoms with Crippen LogP contribution in [0.1, 0.15) is 5.69 Å². The molecule has 0 spiro atoms. The van der Waals surface area contributed by atoms with Crippen molar-refractivity contribution in [3.8, 4) is 5.75 Å². The molecule has 0 bridgehead atoms. The number of rotatable bonds is 1. The zero-order valence-electron chi connectivity index (χ0n) is 6.71. The molecule has 0 saturated heterocycles. The molecule has 2 rings (SSSR count). The molecule has 0 radical (unpaired) electrons. The van der Waals surface area contributed by atoms with Crippen LogP contribution in [-0.4, -0.2) is 32.2 Å². The fraction of sp³-hybridized carbons (Fsp3) is 0.250. The number of pyridine rings is 1. The minimum absolute atomic E-state index is 0.0999. The first kappa shape index (κ1) is 8.52. The molecule has 1 aromatic rings. The van der Waals surface area contributed by atoms with E-state index in [0.717, 1.165) is 0 Å². The number of aromatic nitrogens is 1. The first-order valence-corrected chi connectivity index (χ1v) is 4.79. The first-order chi connectivity index (χ1) is 6.27. The van der Waals surface area contributed by atoms with Gasteiger partial charge in [0.15, 0.2) is 6.23 Å². The van der Waals surface area contributed by atoms with Crippen LogP contribution in [0.25, 0.3) is 0 Å². The highest BCUT2D eigenvalue weighted by Gasteiger charge is 2.19. The number of aliphatic imine (C=N–C) groups is 1. The van der Waals surface area contributed by atoms with Crippen LogP contribution in [-0.2, 0) is 0 Å². The van der Waals surface area contributed by atoms with Gasteiger partial charge in [0.05, 0.1) is 0 Å². The van der Waals surface area contributed by atoms with Gasteiger partial charge in [0.2, 0.25) is 0 Å². The van der Waals surface area contributed by atoms with Crippen LogP contribution in [0.15, 0.2) is 23.3 Å². The Hall–Kier alpha value is -1.07. The molecule has 5 heteroatoms. The molecular formula is C8H8N2O2S. The predicted octanol–water partition coefficient (Wildman–Crippen LogP) is 0.599. The molecular weight excluding hydrogens is 188 g/mol. The van der Waals surface area contributed by atoms with Crippen LogP contribution in [0.2, 0.25) is 0 Å². The summed E-state index contributed by atoms with van der Waals surface area (Å²) in [7, 11) is 0. The van der Waals surface area contributed by atoms with E-state index in [4.69, 9.17) is 5.11 Å². The van der Waals surface area contributed by atoms with Gasteiger partial charge < -0.3 is 10.2 Å². The molecule has 0 saturated carbocycles. The Balaban J connectivity index is 2.36. The van der Waals surface area contributed by atoms with Crippen molar-refractivity contribution in [3.05, 3.63) is 24.0 Å². The monoisotopic (exact) mass is 196 g/mol. The molecule has 0 aliphatic carbocycles. The van der Waals surface area contributed by atoms with Crippen molar-refractivity contribution >= 4 is 16.8 Å². The van der Waals surface area contributed by atoms with E-state index in [2.05, 4.69) is 9.98 Å². The van der Waals surface area contributed by atoms with Crippen LogP contribution in [0.4, 0.5) is 0 Å². The maximum absolute atomic E-state index is 9.42. The van der Waals surface area contributed by atoms with Crippen LogP contribution >= 0.6 is 11.8 Å². The Morgan fingerprint density at radius 1 is 1.54 bits per heavy atom. The van der Waals surface area contributed by atoms with Crippen LogP contribution in [0.5, 0.6) is 5.75 Å². The van der Waals surface area contributed by atoms with E-state index in [1.54, 1.807) is 18.3 Å². The lowest BCUT2D eigenvalue weighted by Crippen LogP contribution is -1.99. The highest BCUT2D eigenvalue weighted by Crippen LogP contribution is 2.25. The summed E-state index contributed by atoms with van der Waals surface area (Å²) in [5.74, 6) is 0.633. The summed E-state index contributed by atoms with van der Waals surface area (Å²) in [5.41, 5.74) is 0.448. The average molecular weight is 196 g/mol. The second-order valence-electron chi connectivity index (χ2n) is 2.60. The van der Waals surface area contributed by atoms with Crippen molar-refractivity contribution in [3.63, 3.8) is 0 Å². The zero-order chi connectivity index (χ0) is 9.26. The molecule has 1 unspecified atom stereocenters. The third kappa shape index (κ3) is 1.66. The van der Waals surface area contributed by atoms with E-state index in [-0.39, 0.29) is 5.75 Å². The number of aliphatic hydroxyl groups is 1. The molecule has 0 fully saturated rings. The number of hydrogen-bond donors (Lipinski definition) is 2. The number of nitrogens with zero attached hydrogens (tertiary/aromatic N) is 2. The topological polar surface area (TPSA) is 65.7 Å². The fourth-order valence-electron chi connectivity index (χ4n) is 1.05. The first-order valence-electron chi connectivity index (χ1n) is 3.80. The van der Waals surface area contributed by atoms with Crippen LogP contribution in [0.3, 0.4) is 0 Å². The van der Waals surface area contributed by atoms with Crippen molar-refractivity contribution in [2.75, 3.05) is 5.75 Å². The lowest BCUT2D eigenvalue weighted by molar-refractivity contribution is 0.213. The van der Waals surface area contributed by atoms with Gasteiger partial charge in [-0.15, -0.1) is 0 Å². The number of hydrogen-bond acceptors (Lipinski definition) is 5. The SMILES string of the molecule is Oc1cccnc1C1=NC(O)CS1. The Kier molecular flexibility index (Phi) is 2.20. The van der Waals surface area contributed by atoms with Crippen molar-refractivity contribution in [2.24, 2.45) is 4.99 Å². The summed E-state index contributed by atoms with van der Waals surface area (Å²) in [4.78, 5) is 7.91. The van der Waals surface area contributed by atoms with Gasteiger partial charge in [-0.1, -0.05) is 11.8 Å². The normalized spacial score (nSPS) is 21.6. The standard InChI is InChI=1S/C8H8N2O2S/c11-5-2-1-3-9-7(5)8-10-6(12)4-13-8/h1-3,6,11-12H,4H2. The van der Waals surface area contributed by atoms with Gasteiger partial charge in [-0.3, -0.25) is 4.98 Å². The molecule has 4 nitrogen and oxygen atoms in total. The Morgan fingerprint density at radius 3 is 3.00 bits per heavy atom. The third-order valence-corrected chi connectivity index (χ3v) is 2.66. The summed E-state index contributed by atoms with van der Waals surface area (Å²) in [6.07, 6.45) is 0.921. The van der Waals surface area contributed by atoms with Gasteiger partial charge in [0, 0.05) is 11.9 Å². The van der Waals surface area contributed by atoms with Gasteiger partial charge in [-0.05, 0) is 12.1 Å². The quantitative estimate of drug-likeness (QED) is 0.690. The van der Waals surface area contributed by atoms with Gasteiger partial charge in [-0.25, -0.2) is 4.99 Å². The van der Waals surface area contributed by atoms with E-state index in [1.165, 1.54) is 11.8 Å². The van der Waals surface area contributed by atoms with E-state index in [0.29, 0.717) is 16.5 Å². The highest BCUT2D eigenvalue weighted by molar-refractivity contribution is 8.14. The third-order valence-electron chi connectivity index (χ3n) is 1.62. The maximum Gasteiger partial charge on any atom is 0.155 e. The van der Waals surface area contributed by atoms with Crippen LogP contribution in [0, 0.1) is 0 Å². The summed E-state index contributed by atoms with van der Waals surface area (Å²) < 4.78 is 0. The van der Waals surface area contributed by atoms with Gasteiger partial charge in [-0.2, -0.15) is 0 Å². The molecule has 1 aromatic heterocycles. The van der Waals surface area contributed by atoms with E-state index in [1.807, 2.05) is 0 Å². The lowest BCUT2D eigenvalue weighted by atomic mass is 10.3. The molecule has 2 N–H and O–H groups in total. The van der Waals surface area contributed by atoms with Gasteiger partial charge in [0.25, 0.3) is 0 Å². The molecule has 1 aliphatic rings. The molecule has 13 heavy (non-hydrogen) atoms. The van der Waals surface area contributed by atoms with Crippen molar-refractivity contribution < 1.29 is 10.2 Å². The number of thioether (sulfide) groups is 1. The van der Waals surface area contributed by atoms with Gasteiger partial charge in [0.1, 0.15) is 16.5 Å². The summed E-state index contributed by atoms with van der Waals surface area (Å²) in [6, 6.07) is 3.20. The number of aromatic hydroxyl groups is 1. The second kappa shape index (κ2) is 3.35. The average Bonchev–Trinajstić information content (AvgIpc) is 2.53. The fourth-order valence-corrected chi connectivity index (χ4v) is 1.93. The van der Waals surface area contributed by atoms with Crippen molar-refractivity contribution in [2.45, 2.75) is 6.23 Å². The minimum Gasteiger partial charge on any atom is -0.506 e. The lowest BCUT2D eigenvalue weighted by Gasteiger charge is -1.99. The van der Waals surface area contributed by atoms with E-state index in [9.17, 15) is 5.11 Å².